The lowest BCUT2D eigenvalue weighted by atomic mass is 10.1. The molecule has 1 N–H and O–H groups in total. The molecular weight excluding hydrogens is 248 g/mol. The molecule has 0 saturated carbocycles. The van der Waals surface area contributed by atoms with Crippen molar-refractivity contribution < 1.29 is 0 Å². The van der Waals surface area contributed by atoms with Gasteiger partial charge < -0.3 is 4.90 Å². The smallest absolute Gasteiger partial charge is 0.0967 e. The van der Waals surface area contributed by atoms with E-state index in [2.05, 4.69) is 35.0 Å². The highest BCUT2D eigenvalue weighted by Gasteiger charge is 2.28. The molecule has 0 aromatic rings. The van der Waals surface area contributed by atoms with E-state index in [-0.39, 0.29) is 6.04 Å². The van der Waals surface area contributed by atoms with Crippen molar-refractivity contribution in [1.82, 2.24) is 15.1 Å². The van der Waals surface area contributed by atoms with Gasteiger partial charge in [0.15, 0.2) is 0 Å². The number of nitriles is 1. The second kappa shape index (κ2) is 7.97. The molecule has 0 aliphatic carbocycles. The molecule has 2 atom stereocenters. The van der Waals surface area contributed by atoms with E-state index in [1.54, 1.807) is 0 Å². The zero-order valence-corrected chi connectivity index (χ0v) is 13.1. The highest BCUT2D eigenvalue weighted by atomic mass is 15.3. The summed E-state index contributed by atoms with van der Waals surface area (Å²) >= 11 is 0. The number of rotatable bonds is 6. The van der Waals surface area contributed by atoms with E-state index in [1.807, 2.05) is 0 Å². The van der Waals surface area contributed by atoms with Crippen molar-refractivity contribution in [3.05, 3.63) is 0 Å². The second-order valence-electron chi connectivity index (χ2n) is 6.63. The maximum absolute atomic E-state index is 9.17. The average Bonchev–Trinajstić information content (AvgIpc) is 2.93. The van der Waals surface area contributed by atoms with Crippen molar-refractivity contribution in [2.45, 2.75) is 64.1 Å². The van der Waals surface area contributed by atoms with Gasteiger partial charge in [0.25, 0.3) is 0 Å². The standard InChI is InChI=1S/C16H30N4/c1-14(2)18-15(12-17)6-10-19-11-7-16(13-19)20-8-4-3-5-9-20/h14-16,18H,3-11,13H2,1-2H3. The lowest BCUT2D eigenvalue weighted by Crippen LogP contribution is -2.41. The molecule has 2 saturated heterocycles. The molecule has 4 heteroatoms. The van der Waals surface area contributed by atoms with Gasteiger partial charge in [-0.2, -0.15) is 5.26 Å². The molecule has 0 bridgehead atoms. The Balaban J connectivity index is 1.69. The van der Waals surface area contributed by atoms with Gasteiger partial charge in [-0.25, -0.2) is 0 Å². The molecule has 2 unspecified atom stereocenters. The van der Waals surface area contributed by atoms with Crippen LogP contribution in [0.4, 0.5) is 0 Å². The molecule has 2 aliphatic rings. The van der Waals surface area contributed by atoms with Crippen LogP contribution in [-0.2, 0) is 0 Å². The Morgan fingerprint density at radius 3 is 2.60 bits per heavy atom. The Morgan fingerprint density at radius 2 is 1.95 bits per heavy atom. The number of hydrogen-bond acceptors (Lipinski definition) is 4. The van der Waals surface area contributed by atoms with Gasteiger partial charge >= 0.3 is 0 Å². The number of hydrogen-bond donors (Lipinski definition) is 1. The van der Waals surface area contributed by atoms with Gasteiger partial charge in [-0.1, -0.05) is 6.42 Å². The van der Waals surface area contributed by atoms with E-state index >= 15 is 0 Å². The Bertz CT molecular complexity index is 317. The minimum atomic E-state index is 0.00374. The molecule has 2 aliphatic heterocycles. The average molecular weight is 278 g/mol. The fourth-order valence-electron chi connectivity index (χ4n) is 3.50. The molecule has 2 heterocycles. The largest absolute Gasteiger partial charge is 0.302 e. The maximum Gasteiger partial charge on any atom is 0.0967 e. The highest BCUT2D eigenvalue weighted by Crippen LogP contribution is 2.20. The Labute approximate surface area is 124 Å². The molecule has 114 valence electrons. The topological polar surface area (TPSA) is 42.3 Å². The van der Waals surface area contributed by atoms with Crippen LogP contribution in [0.1, 0.15) is 46.0 Å². The Morgan fingerprint density at radius 1 is 1.20 bits per heavy atom. The van der Waals surface area contributed by atoms with Gasteiger partial charge in [0.05, 0.1) is 12.1 Å². The van der Waals surface area contributed by atoms with E-state index in [0.717, 1.165) is 19.0 Å². The second-order valence-corrected chi connectivity index (χ2v) is 6.63. The third kappa shape index (κ3) is 4.73. The first-order valence-electron chi connectivity index (χ1n) is 8.31. The molecule has 0 aromatic carbocycles. The first-order chi connectivity index (χ1) is 9.69. The van der Waals surface area contributed by atoms with Crippen molar-refractivity contribution in [1.29, 1.82) is 5.26 Å². The zero-order valence-electron chi connectivity index (χ0n) is 13.1. The van der Waals surface area contributed by atoms with Crippen LogP contribution in [0.5, 0.6) is 0 Å². The number of likely N-dealkylation sites (tertiary alicyclic amines) is 2. The van der Waals surface area contributed by atoms with Crippen LogP contribution in [0.3, 0.4) is 0 Å². The minimum Gasteiger partial charge on any atom is -0.302 e. The quantitative estimate of drug-likeness (QED) is 0.805. The molecule has 0 aromatic heterocycles. The summed E-state index contributed by atoms with van der Waals surface area (Å²) in [6.45, 7) is 10.3. The van der Waals surface area contributed by atoms with E-state index in [4.69, 9.17) is 5.26 Å². The molecular formula is C16H30N4. The Hall–Kier alpha value is -0.630. The SMILES string of the molecule is CC(C)NC(C#N)CCN1CCC(N2CCCCC2)C1. The molecule has 0 radical (unpaired) electrons. The van der Waals surface area contributed by atoms with Crippen molar-refractivity contribution in [2.75, 3.05) is 32.7 Å². The van der Waals surface area contributed by atoms with Crippen LogP contribution in [-0.4, -0.2) is 60.6 Å². The van der Waals surface area contributed by atoms with Gasteiger partial charge in [0, 0.05) is 25.2 Å². The van der Waals surface area contributed by atoms with Gasteiger partial charge in [-0.15, -0.1) is 0 Å². The molecule has 0 amide bonds. The third-order valence-electron chi connectivity index (χ3n) is 4.58. The summed E-state index contributed by atoms with van der Waals surface area (Å²) in [6.07, 6.45) is 6.44. The molecule has 4 nitrogen and oxygen atoms in total. The number of nitrogens with one attached hydrogen (secondary N) is 1. The van der Waals surface area contributed by atoms with Crippen molar-refractivity contribution in [2.24, 2.45) is 0 Å². The van der Waals surface area contributed by atoms with E-state index in [0.29, 0.717) is 6.04 Å². The fourth-order valence-corrected chi connectivity index (χ4v) is 3.50. The van der Waals surface area contributed by atoms with Crippen LogP contribution in [0.2, 0.25) is 0 Å². The summed E-state index contributed by atoms with van der Waals surface area (Å²) in [5.74, 6) is 0. The minimum absolute atomic E-state index is 0.00374. The summed E-state index contributed by atoms with van der Waals surface area (Å²) in [6, 6.07) is 3.55. The van der Waals surface area contributed by atoms with Crippen LogP contribution in [0, 0.1) is 11.3 Å². The number of piperidine rings is 1. The normalized spacial score (nSPS) is 26.8. The molecule has 2 rings (SSSR count). The van der Waals surface area contributed by atoms with E-state index in [9.17, 15) is 0 Å². The highest BCUT2D eigenvalue weighted by molar-refractivity contribution is 4.92. The number of nitrogens with zero attached hydrogens (tertiary/aromatic N) is 3. The summed E-state index contributed by atoms with van der Waals surface area (Å²) in [7, 11) is 0. The van der Waals surface area contributed by atoms with Crippen molar-refractivity contribution >= 4 is 0 Å². The zero-order chi connectivity index (χ0) is 14.4. The monoisotopic (exact) mass is 278 g/mol. The van der Waals surface area contributed by atoms with Gasteiger partial charge in [0.1, 0.15) is 0 Å². The summed E-state index contributed by atoms with van der Waals surface area (Å²) in [4.78, 5) is 5.24. The molecule has 0 spiro atoms. The van der Waals surface area contributed by atoms with Crippen LogP contribution >= 0.6 is 0 Å². The fraction of sp³-hybridized carbons (Fsp3) is 0.938. The molecule has 20 heavy (non-hydrogen) atoms. The van der Waals surface area contributed by atoms with Crippen molar-refractivity contribution in [3.8, 4) is 6.07 Å². The molecule has 2 fully saturated rings. The maximum atomic E-state index is 9.17. The van der Waals surface area contributed by atoms with Crippen LogP contribution in [0.25, 0.3) is 0 Å². The lowest BCUT2D eigenvalue weighted by Gasteiger charge is -2.32. The third-order valence-corrected chi connectivity index (χ3v) is 4.58. The summed E-state index contributed by atoms with van der Waals surface area (Å²) in [5, 5.41) is 12.5. The summed E-state index contributed by atoms with van der Waals surface area (Å²) in [5.41, 5.74) is 0. The lowest BCUT2D eigenvalue weighted by molar-refractivity contribution is 0.161. The predicted octanol–water partition coefficient (Wildman–Crippen LogP) is 1.83. The van der Waals surface area contributed by atoms with Gasteiger partial charge in [0.2, 0.25) is 0 Å². The summed E-state index contributed by atoms with van der Waals surface area (Å²) < 4.78 is 0. The van der Waals surface area contributed by atoms with Crippen LogP contribution in [0.15, 0.2) is 0 Å². The first kappa shape index (κ1) is 15.8. The van der Waals surface area contributed by atoms with Gasteiger partial charge in [-0.3, -0.25) is 10.2 Å². The van der Waals surface area contributed by atoms with E-state index in [1.165, 1.54) is 51.9 Å². The predicted molar refractivity (Wildman–Crippen MR) is 82.6 cm³/mol. The van der Waals surface area contributed by atoms with E-state index < -0.39 is 0 Å². The Kier molecular flexibility index (Phi) is 6.28. The van der Waals surface area contributed by atoms with Crippen molar-refractivity contribution in [3.63, 3.8) is 0 Å². The van der Waals surface area contributed by atoms with Gasteiger partial charge in [-0.05, 0) is 59.2 Å². The van der Waals surface area contributed by atoms with Crippen LogP contribution < -0.4 is 5.32 Å². The first-order valence-corrected chi connectivity index (χ1v) is 8.31.